The molecule has 1 aliphatic heterocycles. The number of carboxylic acid groups (broad SMARTS) is 1. The molecular formula is C14H9F2NO4. The summed E-state index contributed by atoms with van der Waals surface area (Å²) in [6, 6.07) is 10.4. The van der Waals surface area contributed by atoms with Gasteiger partial charge in [-0.05, 0) is 24.3 Å². The number of hydrogen-bond donors (Lipinski definition) is 2. The number of para-hydroxylation sites is 1. The van der Waals surface area contributed by atoms with Crippen molar-refractivity contribution in [1.29, 1.82) is 0 Å². The third-order valence-electron chi connectivity index (χ3n) is 2.84. The van der Waals surface area contributed by atoms with Crippen molar-refractivity contribution in [2.75, 3.05) is 5.32 Å². The number of ether oxygens (including phenoxy) is 2. The van der Waals surface area contributed by atoms with Crippen LogP contribution in [0.5, 0.6) is 11.5 Å². The molecule has 7 heteroatoms. The maximum absolute atomic E-state index is 12.9. The summed E-state index contributed by atoms with van der Waals surface area (Å²) in [6.07, 6.45) is -3.68. The molecule has 21 heavy (non-hydrogen) atoms. The second kappa shape index (κ2) is 4.62. The highest BCUT2D eigenvalue weighted by Crippen LogP contribution is 2.42. The number of alkyl halides is 2. The monoisotopic (exact) mass is 293 g/mol. The first-order valence-corrected chi connectivity index (χ1v) is 5.94. The van der Waals surface area contributed by atoms with E-state index in [0.29, 0.717) is 11.4 Å². The molecule has 108 valence electrons. The van der Waals surface area contributed by atoms with Crippen molar-refractivity contribution < 1.29 is 28.2 Å². The molecule has 0 fully saturated rings. The minimum atomic E-state index is -3.68. The first kappa shape index (κ1) is 13.2. The fourth-order valence-electron chi connectivity index (χ4n) is 1.96. The lowest BCUT2D eigenvalue weighted by Crippen LogP contribution is -2.25. The molecular weight excluding hydrogens is 284 g/mol. The number of nitrogens with one attached hydrogen (secondary N) is 1. The largest absolute Gasteiger partial charge is 0.586 e. The molecule has 5 nitrogen and oxygen atoms in total. The van der Waals surface area contributed by atoms with E-state index in [0.717, 1.165) is 0 Å². The lowest BCUT2D eigenvalue weighted by molar-refractivity contribution is -0.286. The molecule has 0 aromatic heterocycles. The van der Waals surface area contributed by atoms with Crippen molar-refractivity contribution in [2.45, 2.75) is 6.29 Å². The summed E-state index contributed by atoms with van der Waals surface area (Å²) >= 11 is 0. The Balaban J connectivity index is 1.89. The molecule has 0 bridgehead atoms. The molecule has 0 spiro atoms. The van der Waals surface area contributed by atoms with Crippen LogP contribution in [0.4, 0.5) is 20.2 Å². The number of halogens is 2. The van der Waals surface area contributed by atoms with E-state index in [1.165, 1.54) is 24.3 Å². The Labute approximate surface area is 117 Å². The predicted molar refractivity (Wildman–Crippen MR) is 69.3 cm³/mol. The van der Waals surface area contributed by atoms with E-state index < -0.39 is 12.3 Å². The number of carboxylic acids is 1. The number of hydrogen-bond acceptors (Lipinski definition) is 4. The zero-order valence-electron chi connectivity index (χ0n) is 10.5. The smallest absolute Gasteiger partial charge is 0.478 e. The summed E-state index contributed by atoms with van der Waals surface area (Å²) < 4.78 is 34.5. The number of carbonyl (C=O) groups is 1. The molecule has 0 radical (unpaired) electrons. The lowest BCUT2D eigenvalue weighted by atomic mass is 10.1. The Morgan fingerprint density at radius 3 is 2.57 bits per heavy atom. The summed E-state index contributed by atoms with van der Waals surface area (Å²) in [5, 5.41) is 11.9. The highest BCUT2D eigenvalue weighted by Gasteiger charge is 2.43. The van der Waals surface area contributed by atoms with Gasteiger partial charge < -0.3 is 19.9 Å². The van der Waals surface area contributed by atoms with Gasteiger partial charge in [-0.3, -0.25) is 0 Å². The fourth-order valence-corrected chi connectivity index (χ4v) is 1.96. The first-order valence-electron chi connectivity index (χ1n) is 5.94. The highest BCUT2D eigenvalue weighted by molar-refractivity contribution is 5.95. The molecule has 2 aromatic rings. The normalized spacial score (nSPS) is 14.8. The van der Waals surface area contributed by atoms with Gasteiger partial charge in [0.15, 0.2) is 11.5 Å². The van der Waals surface area contributed by atoms with E-state index in [4.69, 9.17) is 5.11 Å². The van der Waals surface area contributed by atoms with Crippen LogP contribution < -0.4 is 14.8 Å². The van der Waals surface area contributed by atoms with Crippen molar-refractivity contribution in [2.24, 2.45) is 0 Å². The van der Waals surface area contributed by atoms with E-state index >= 15 is 0 Å². The Hall–Kier alpha value is -2.83. The predicted octanol–water partition coefficient (Wildman–Crippen LogP) is 3.45. The zero-order chi connectivity index (χ0) is 15.0. The Morgan fingerprint density at radius 2 is 1.81 bits per heavy atom. The lowest BCUT2D eigenvalue weighted by Gasteiger charge is -2.09. The number of benzene rings is 2. The molecule has 0 amide bonds. The summed E-state index contributed by atoms with van der Waals surface area (Å²) in [6.45, 7) is 0. The highest BCUT2D eigenvalue weighted by atomic mass is 19.3. The topological polar surface area (TPSA) is 67.8 Å². The maximum Gasteiger partial charge on any atom is 0.586 e. The van der Waals surface area contributed by atoms with Crippen LogP contribution in [-0.4, -0.2) is 17.4 Å². The first-order chi connectivity index (χ1) is 9.94. The molecule has 0 aliphatic carbocycles. The van der Waals surface area contributed by atoms with Gasteiger partial charge in [-0.25, -0.2) is 4.79 Å². The number of anilines is 2. The SMILES string of the molecule is O=C(O)c1ccccc1Nc1ccc2c(c1)OC(F)(F)O2. The Bertz CT molecular complexity index is 718. The van der Waals surface area contributed by atoms with Crippen molar-refractivity contribution in [1.82, 2.24) is 0 Å². The molecule has 0 saturated carbocycles. The Kier molecular flexibility index (Phi) is 2.90. The van der Waals surface area contributed by atoms with Crippen LogP contribution in [0.15, 0.2) is 42.5 Å². The van der Waals surface area contributed by atoms with Crippen LogP contribution in [-0.2, 0) is 0 Å². The standard InChI is InChI=1S/C14H9F2NO4/c15-14(16)20-11-6-5-8(7-12(11)21-14)17-10-4-2-1-3-9(10)13(18)19/h1-7,17H,(H,18,19). The second-order valence-corrected chi connectivity index (χ2v) is 4.30. The van der Waals surface area contributed by atoms with Crippen LogP contribution in [0.2, 0.25) is 0 Å². The fraction of sp³-hybridized carbons (Fsp3) is 0.0714. The van der Waals surface area contributed by atoms with Gasteiger partial charge in [-0.15, -0.1) is 8.78 Å². The van der Waals surface area contributed by atoms with E-state index in [2.05, 4.69) is 14.8 Å². The van der Waals surface area contributed by atoms with E-state index in [-0.39, 0.29) is 17.1 Å². The van der Waals surface area contributed by atoms with Crippen molar-refractivity contribution in [3.63, 3.8) is 0 Å². The van der Waals surface area contributed by atoms with Crippen LogP contribution in [0.25, 0.3) is 0 Å². The Morgan fingerprint density at radius 1 is 1.10 bits per heavy atom. The van der Waals surface area contributed by atoms with Gasteiger partial charge in [0.25, 0.3) is 0 Å². The van der Waals surface area contributed by atoms with Gasteiger partial charge in [-0.2, -0.15) is 0 Å². The third-order valence-corrected chi connectivity index (χ3v) is 2.84. The third kappa shape index (κ3) is 2.58. The molecule has 2 aromatic carbocycles. The summed E-state index contributed by atoms with van der Waals surface area (Å²) in [7, 11) is 0. The summed E-state index contributed by atoms with van der Waals surface area (Å²) in [5.74, 6) is -1.28. The van der Waals surface area contributed by atoms with Crippen LogP contribution >= 0.6 is 0 Å². The van der Waals surface area contributed by atoms with Crippen LogP contribution in [0, 0.1) is 0 Å². The molecule has 2 N–H and O–H groups in total. The van der Waals surface area contributed by atoms with E-state index in [1.807, 2.05) is 0 Å². The van der Waals surface area contributed by atoms with Gasteiger partial charge in [0.2, 0.25) is 0 Å². The average Bonchev–Trinajstić information content (AvgIpc) is 2.72. The number of rotatable bonds is 3. The van der Waals surface area contributed by atoms with Crippen LogP contribution in [0.1, 0.15) is 10.4 Å². The van der Waals surface area contributed by atoms with Crippen molar-refractivity contribution in [3.8, 4) is 11.5 Å². The molecule has 0 atom stereocenters. The van der Waals surface area contributed by atoms with Crippen LogP contribution in [0.3, 0.4) is 0 Å². The summed E-state index contributed by atoms with van der Waals surface area (Å²) in [5.41, 5.74) is 0.819. The molecule has 0 saturated heterocycles. The average molecular weight is 293 g/mol. The quantitative estimate of drug-likeness (QED) is 0.907. The van der Waals surface area contributed by atoms with Gasteiger partial charge in [0, 0.05) is 11.8 Å². The maximum atomic E-state index is 12.9. The summed E-state index contributed by atoms with van der Waals surface area (Å²) in [4.78, 5) is 11.1. The van der Waals surface area contributed by atoms with E-state index in [9.17, 15) is 13.6 Å². The zero-order valence-corrected chi connectivity index (χ0v) is 10.5. The molecule has 0 unspecified atom stereocenters. The van der Waals surface area contributed by atoms with E-state index in [1.54, 1.807) is 18.2 Å². The van der Waals surface area contributed by atoms with Gasteiger partial charge in [-0.1, -0.05) is 12.1 Å². The molecule has 1 aliphatic rings. The van der Waals surface area contributed by atoms with Crippen molar-refractivity contribution in [3.05, 3.63) is 48.0 Å². The number of fused-ring (bicyclic) bond motifs is 1. The minimum Gasteiger partial charge on any atom is -0.478 e. The minimum absolute atomic E-state index is 0.0699. The van der Waals surface area contributed by atoms with Gasteiger partial charge in [0.1, 0.15) is 0 Å². The number of aromatic carboxylic acids is 1. The van der Waals surface area contributed by atoms with Gasteiger partial charge >= 0.3 is 12.3 Å². The van der Waals surface area contributed by atoms with Gasteiger partial charge in [0.05, 0.1) is 11.3 Å². The molecule has 1 heterocycles. The second-order valence-electron chi connectivity index (χ2n) is 4.30. The molecule has 3 rings (SSSR count). The van der Waals surface area contributed by atoms with Crippen molar-refractivity contribution >= 4 is 17.3 Å².